The Kier molecular flexibility index (Phi) is 6.36. The molecule has 1 amide bonds. The number of amides is 1. The van der Waals surface area contributed by atoms with Crippen LogP contribution in [-0.2, 0) is 16.0 Å². The van der Waals surface area contributed by atoms with Crippen molar-refractivity contribution in [2.45, 2.75) is 25.1 Å². The highest BCUT2D eigenvalue weighted by atomic mass is 32.2. The normalized spacial score (nSPS) is 16.6. The monoisotopic (exact) mass is 403 g/mol. The number of ether oxygens (including phenoxy) is 1. The first kappa shape index (κ1) is 20.4. The van der Waals surface area contributed by atoms with Gasteiger partial charge in [0.15, 0.2) is 0 Å². The molecule has 28 heavy (non-hydrogen) atoms. The molecule has 2 aromatic carbocycles. The van der Waals surface area contributed by atoms with Gasteiger partial charge in [-0.3, -0.25) is 9.69 Å². The van der Waals surface area contributed by atoms with Gasteiger partial charge < -0.3 is 9.84 Å². The van der Waals surface area contributed by atoms with Gasteiger partial charge in [0, 0.05) is 19.4 Å². The lowest BCUT2D eigenvalue weighted by Gasteiger charge is -2.27. The molecule has 5 nitrogen and oxygen atoms in total. The fourth-order valence-electron chi connectivity index (χ4n) is 3.48. The van der Waals surface area contributed by atoms with Crippen molar-refractivity contribution < 1.29 is 23.8 Å². The molecule has 1 unspecified atom stereocenters. The molecule has 1 atom stereocenters. The number of rotatable bonds is 7. The number of thioether (sulfide) groups is 1. The van der Waals surface area contributed by atoms with Crippen LogP contribution in [0.1, 0.15) is 38.8 Å². The minimum absolute atomic E-state index is 0.0478. The number of carbonyl (C=O) groups is 2. The quantitative estimate of drug-likeness (QED) is 0.702. The summed E-state index contributed by atoms with van der Waals surface area (Å²) in [4.78, 5) is 26.0. The third kappa shape index (κ3) is 4.05. The zero-order chi connectivity index (χ0) is 20.3. The maximum atomic E-state index is 13.3. The summed E-state index contributed by atoms with van der Waals surface area (Å²) in [6.45, 7) is 2.38. The molecule has 1 saturated heterocycles. The Balaban J connectivity index is 2.02. The van der Waals surface area contributed by atoms with E-state index in [0.29, 0.717) is 36.5 Å². The van der Waals surface area contributed by atoms with Crippen LogP contribution in [0.25, 0.3) is 0 Å². The van der Waals surface area contributed by atoms with Crippen LogP contribution in [0.5, 0.6) is 0 Å². The van der Waals surface area contributed by atoms with Gasteiger partial charge in [-0.1, -0.05) is 12.1 Å². The van der Waals surface area contributed by atoms with Crippen molar-refractivity contribution in [3.05, 3.63) is 64.5 Å². The number of nitrogens with zero attached hydrogens (tertiary/aromatic N) is 1. The number of carboxylic acid groups (broad SMARTS) is 1. The second-order valence-electron chi connectivity index (χ2n) is 6.62. The fourth-order valence-corrected chi connectivity index (χ4v) is 4.65. The summed E-state index contributed by atoms with van der Waals surface area (Å²) in [6.07, 6.45) is 1.23. The summed E-state index contributed by atoms with van der Waals surface area (Å²) in [5, 5.41) is 9.29. The third-order valence-corrected chi connectivity index (χ3v) is 6.07. The Morgan fingerprint density at radius 2 is 2.00 bits per heavy atom. The van der Waals surface area contributed by atoms with E-state index in [1.165, 1.54) is 23.9 Å². The van der Waals surface area contributed by atoms with Crippen molar-refractivity contribution in [3.63, 3.8) is 0 Å². The molecule has 1 heterocycles. The summed E-state index contributed by atoms with van der Waals surface area (Å²) in [6, 6.07) is 9.38. The molecule has 7 heteroatoms. The number of benzene rings is 2. The van der Waals surface area contributed by atoms with Gasteiger partial charge in [-0.25, -0.2) is 9.18 Å². The molecule has 3 rings (SSSR count). The van der Waals surface area contributed by atoms with E-state index in [1.807, 2.05) is 6.92 Å². The number of aromatic carboxylic acids is 1. The van der Waals surface area contributed by atoms with E-state index in [2.05, 4.69) is 0 Å². The zero-order valence-corrected chi connectivity index (χ0v) is 16.6. The van der Waals surface area contributed by atoms with Crippen LogP contribution in [0.3, 0.4) is 0 Å². The maximum Gasteiger partial charge on any atom is 0.335 e. The first-order valence-electron chi connectivity index (χ1n) is 8.98. The molecule has 2 aromatic rings. The van der Waals surface area contributed by atoms with E-state index >= 15 is 0 Å². The van der Waals surface area contributed by atoms with E-state index in [0.717, 1.165) is 11.1 Å². The van der Waals surface area contributed by atoms with Crippen LogP contribution >= 0.6 is 11.8 Å². The Hall–Kier alpha value is -2.38. The number of anilines is 1. The lowest BCUT2D eigenvalue weighted by molar-refractivity contribution is -0.115. The van der Waals surface area contributed by atoms with E-state index < -0.39 is 5.97 Å². The summed E-state index contributed by atoms with van der Waals surface area (Å²) >= 11 is 1.48. The second kappa shape index (κ2) is 8.75. The highest BCUT2D eigenvalue weighted by Gasteiger charge is 2.35. The number of methoxy groups -OCH3 is 1. The van der Waals surface area contributed by atoms with Crippen molar-refractivity contribution in [1.29, 1.82) is 0 Å². The summed E-state index contributed by atoms with van der Waals surface area (Å²) in [5.74, 6) is -1.04. The van der Waals surface area contributed by atoms with Crippen LogP contribution in [0.2, 0.25) is 0 Å². The molecular formula is C21H22FNO4S. The molecular weight excluding hydrogens is 381 g/mol. The number of halogens is 1. The topological polar surface area (TPSA) is 66.8 Å². The van der Waals surface area contributed by atoms with Crippen LogP contribution < -0.4 is 4.90 Å². The number of hydrogen-bond acceptors (Lipinski definition) is 4. The Bertz CT molecular complexity index is 885. The molecule has 0 aromatic heterocycles. The van der Waals surface area contributed by atoms with Crippen LogP contribution in [0, 0.1) is 12.7 Å². The van der Waals surface area contributed by atoms with Gasteiger partial charge >= 0.3 is 5.97 Å². The maximum absolute atomic E-state index is 13.3. The third-order valence-electron chi connectivity index (χ3n) is 4.86. The molecule has 1 N–H and O–H groups in total. The number of carbonyl (C=O) groups excluding carboxylic acids is 1. The predicted molar refractivity (Wildman–Crippen MR) is 107 cm³/mol. The van der Waals surface area contributed by atoms with Gasteiger partial charge in [0.05, 0.1) is 11.3 Å². The highest BCUT2D eigenvalue weighted by molar-refractivity contribution is 8.00. The van der Waals surface area contributed by atoms with E-state index in [-0.39, 0.29) is 22.7 Å². The molecule has 0 spiro atoms. The Morgan fingerprint density at radius 1 is 1.29 bits per heavy atom. The molecule has 1 aliphatic rings. The van der Waals surface area contributed by atoms with Crippen molar-refractivity contribution in [2.24, 2.45) is 0 Å². The van der Waals surface area contributed by atoms with Gasteiger partial charge in [0.25, 0.3) is 0 Å². The van der Waals surface area contributed by atoms with Crippen molar-refractivity contribution >= 4 is 29.3 Å². The zero-order valence-electron chi connectivity index (χ0n) is 15.8. The SMILES string of the molecule is COCCCc1c(C(=O)O)ccc(N2C(=O)CSC2c2ccc(F)cc2)c1C. The van der Waals surface area contributed by atoms with Gasteiger partial charge in [-0.15, -0.1) is 11.8 Å². The average Bonchev–Trinajstić information content (AvgIpc) is 3.05. The van der Waals surface area contributed by atoms with E-state index in [9.17, 15) is 19.1 Å². The van der Waals surface area contributed by atoms with E-state index in [4.69, 9.17) is 4.74 Å². The lowest BCUT2D eigenvalue weighted by atomic mass is 9.95. The van der Waals surface area contributed by atoms with Crippen molar-refractivity contribution in [1.82, 2.24) is 0 Å². The first-order valence-corrected chi connectivity index (χ1v) is 10.0. The largest absolute Gasteiger partial charge is 0.478 e. The smallest absolute Gasteiger partial charge is 0.335 e. The minimum Gasteiger partial charge on any atom is -0.478 e. The molecule has 0 aliphatic carbocycles. The molecule has 1 aliphatic heterocycles. The summed E-state index contributed by atoms with van der Waals surface area (Å²) in [7, 11) is 1.61. The Labute approximate surface area is 167 Å². The van der Waals surface area contributed by atoms with Gasteiger partial charge in [0.1, 0.15) is 11.2 Å². The summed E-state index contributed by atoms with van der Waals surface area (Å²) < 4.78 is 18.4. The van der Waals surface area contributed by atoms with Crippen molar-refractivity contribution in [2.75, 3.05) is 24.4 Å². The fraction of sp³-hybridized carbons (Fsp3) is 0.333. The second-order valence-corrected chi connectivity index (χ2v) is 7.68. The van der Waals surface area contributed by atoms with Gasteiger partial charge in [-0.2, -0.15) is 0 Å². The molecule has 148 valence electrons. The molecule has 0 saturated carbocycles. The van der Waals surface area contributed by atoms with Crippen molar-refractivity contribution in [3.8, 4) is 0 Å². The first-order chi connectivity index (χ1) is 13.4. The Morgan fingerprint density at radius 3 is 2.64 bits per heavy atom. The van der Waals surface area contributed by atoms with Gasteiger partial charge in [0.2, 0.25) is 5.91 Å². The summed E-state index contributed by atoms with van der Waals surface area (Å²) in [5.41, 5.74) is 3.26. The molecule has 1 fully saturated rings. The predicted octanol–water partition coefficient (Wildman–Crippen LogP) is 4.19. The lowest BCUT2D eigenvalue weighted by Crippen LogP contribution is -2.29. The van der Waals surface area contributed by atoms with E-state index in [1.54, 1.807) is 36.3 Å². The highest BCUT2D eigenvalue weighted by Crippen LogP contribution is 2.43. The standard InChI is InChI=1S/C21H22FNO4S/c1-13-16(4-3-11-27-2)17(21(25)26)9-10-18(13)23-19(24)12-28-20(23)14-5-7-15(22)8-6-14/h5-10,20H,3-4,11-12H2,1-2H3,(H,25,26). The van der Waals surface area contributed by atoms with Crippen LogP contribution in [-0.4, -0.2) is 36.5 Å². The number of carboxylic acids is 1. The van der Waals surface area contributed by atoms with Crippen LogP contribution in [0.4, 0.5) is 10.1 Å². The molecule has 0 bridgehead atoms. The van der Waals surface area contributed by atoms with Crippen LogP contribution in [0.15, 0.2) is 36.4 Å². The molecule has 0 radical (unpaired) electrons. The minimum atomic E-state index is -0.987. The average molecular weight is 403 g/mol. The number of hydrogen-bond donors (Lipinski definition) is 1. The van der Waals surface area contributed by atoms with Gasteiger partial charge in [-0.05, 0) is 60.7 Å².